The Hall–Kier alpha value is -3.69. The number of nitrogens with one attached hydrogen (secondary N) is 1. The predicted molar refractivity (Wildman–Crippen MR) is 122 cm³/mol. The molecule has 1 aromatic heterocycles. The second-order valence-electron chi connectivity index (χ2n) is 7.47. The molecule has 3 rings (SSSR count). The minimum absolute atomic E-state index is 0.0897. The Bertz CT molecular complexity index is 1030. The van der Waals surface area contributed by atoms with Crippen LogP contribution in [-0.2, 0) is 16.0 Å². The summed E-state index contributed by atoms with van der Waals surface area (Å²) >= 11 is 0. The maximum atomic E-state index is 12.5. The molecule has 2 aromatic rings. The third-order valence-electron chi connectivity index (χ3n) is 5.20. The lowest BCUT2D eigenvalue weighted by molar-refractivity contribution is -0.132. The van der Waals surface area contributed by atoms with Crippen LogP contribution in [-0.4, -0.2) is 76.4 Å². The van der Waals surface area contributed by atoms with Crippen molar-refractivity contribution in [1.29, 1.82) is 0 Å². The van der Waals surface area contributed by atoms with Gasteiger partial charge in [0.1, 0.15) is 11.4 Å². The molecule has 1 N–H and O–H groups in total. The number of nitrogens with zero attached hydrogens (tertiary/aromatic N) is 4. The minimum atomic E-state index is -0.377. The molecule has 0 bridgehead atoms. The van der Waals surface area contributed by atoms with Gasteiger partial charge >= 0.3 is 6.09 Å². The lowest BCUT2D eigenvalue weighted by atomic mass is 10.2. The van der Waals surface area contributed by atoms with E-state index in [1.54, 1.807) is 34.9 Å². The van der Waals surface area contributed by atoms with Gasteiger partial charge in [-0.25, -0.2) is 4.79 Å². The average molecular weight is 456 g/mol. The first-order valence-corrected chi connectivity index (χ1v) is 11.0. The number of benzene rings is 1. The lowest BCUT2D eigenvalue weighted by Gasteiger charge is -2.34. The Labute approximate surface area is 192 Å². The van der Waals surface area contributed by atoms with Crippen LogP contribution in [0.4, 0.5) is 4.79 Å². The van der Waals surface area contributed by atoms with Gasteiger partial charge in [0, 0.05) is 44.6 Å². The van der Waals surface area contributed by atoms with E-state index in [1.807, 2.05) is 12.1 Å². The minimum Gasteiger partial charge on any atom is -0.493 e. The molecular weight excluding hydrogens is 426 g/mol. The summed E-state index contributed by atoms with van der Waals surface area (Å²) < 4.78 is 10.6. The molecule has 1 aliphatic heterocycles. The van der Waals surface area contributed by atoms with Crippen molar-refractivity contribution >= 4 is 12.0 Å². The number of piperazine rings is 1. The maximum absolute atomic E-state index is 12.5. The van der Waals surface area contributed by atoms with E-state index in [4.69, 9.17) is 9.47 Å². The Balaban J connectivity index is 1.54. The Morgan fingerprint density at radius 1 is 1.18 bits per heavy atom. The van der Waals surface area contributed by atoms with Crippen molar-refractivity contribution in [2.24, 2.45) is 0 Å². The average Bonchev–Trinajstić information content (AvgIpc) is 2.83. The molecule has 0 unspecified atom stereocenters. The monoisotopic (exact) mass is 455 g/mol. The van der Waals surface area contributed by atoms with Gasteiger partial charge in [-0.2, -0.15) is 0 Å². The normalized spacial score (nSPS) is 13.5. The zero-order valence-electron chi connectivity index (χ0n) is 18.8. The van der Waals surface area contributed by atoms with Crippen LogP contribution in [0.25, 0.3) is 11.4 Å². The van der Waals surface area contributed by atoms with E-state index in [0.717, 1.165) is 6.42 Å². The van der Waals surface area contributed by atoms with Gasteiger partial charge < -0.3 is 24.3 Å². The highest BCUT2D eigenvalue weighted by atomic mass is 16.6. The second kappa shape index (κ2) is 11.8. The first-order chi connectivity index (χ1) is 16.0. The summed E-state index contributed by atoms with van der Waals surface area (Å²) in [5.41, 5.74) is 0.506. The van der Waals surface area contributed by atoms with Crippen LogP contribution >= 0.6 is 0 Å². The molecule has 0 atom stereocenters. The van der Waals surface area contributed by atoms with Gasteiger partial charge in [0.25, 0.3) is 5.56 Å². The van der Waals surface area contributed by atoms with Crippen LogP contribution in [0.5, 0.6) is 5.75 Å². The molecule has 2 heterocycles. The molecule has 1 aromatic carbocycles. The number of aromatic nitrogens is 3. The SMILES string of the molecule is C=CCCOc1cccc(-c2nnc(CCC(=O)N3CCN(C(=O)OCC)CC3)c(=O)[nH]2)c1. The molecule has 1 fully saturated rings. The first-order valence-electron chi connectivity index (χ1n) is 11.0. The van der Waals surface area contributed by atoms with Gasteiger partial charge in [0.05, 0.1) is 13.2 Å². The van der Waals surface area contributed by atoms with Crippen molar-refractivity contribution in [3.05, 3.63) is 53.0 Å². The molecule has 10 heteroatoms. The summed E-state index contributed by atoms with van der Waals surface area (Å²) in [5, 5.41) is 8.17. The molecule has 0 spiro atoms. The standard InChI is InChI=1S/C23H29N5O5/c1-3-5-15-33-18-8-6-7-17(16-18)21-24-22(30)19(25-26-21)9-10-20(29)27-11-13-28(14-12-27)23(31)32-4-2/h3,6-8,16H,1,4-5,9-15H2,2H3,(H,24,26,30). The summed E-state index contributed by atoms with van der Waals surface area (Å²) in [7, 11) is 0. The molecular formula is C23H29N5O5. The van der Waals surface area contributed by atoms with E-state index < -0.39 is 0 Å². The van der Waals surface area contributed by atoms with E-state index in [9.17, 15) is 14.4 Å². The number of hydrogen-bond donors (Lipinski definition) is 1. The fourth-order valence-corrected chi connectivity index (χ4v) is 3.38. The van der Waals surface area contributed by atoms with Crippen molar-refractivity contribution in [2.45, 2.75) is 26.2 Å². The zero-order valence-corrected chi connectivity index (χ0v) is 18.8. The van der Waals surface area contributed by atoms with Crippen LogP contribution in [0.15, 0.2) is 41.7 Å². The van der Waals surface area contributed by atoms with Gasteiger partial charge in [-0.3, -0.25) is 9.59 Å². The van der Waals surface area contributed by atoms with Crippen LogP contribution in [0.1, 0.15) is 25.5 Å². The fraction of sp³-hybridized carbons (Fsp3) is 0.435. The summed E-state index contributed by atoms with van der Waals surface area (Å²) in [6, 6.07) is 7.22. The quantitative estimate of drug-likeness (QED) is 0.454. The predicted octanol–water partition coefficient (Wildman–Crippen LogP) is 2.02. The van der Waals surface area contributed by atoms with Crippen molar-refractivity contribution in [2.75, 3.05) is 39.4 Å². The second-order valence-corrected chi connectivity index (χ2v) is 7.47. The Kier molecular flexibility index (Phi) is 8.56. The highest BCUT2D eigenvalue weighted by Gasteiger charge is 2.24. The molecule has 2 amide bonds. The Morgan fingerprint density at radius 3 is 2.64 bits per heavy atom. The molecule has 10 nitrogen and oxygen atoms in total. The fourth-order valence-electron chi connectivity index (χ4n) is 3.38. The van der Waals surface area contributed by atoms with Gasteiger partial charge in [0.15, 0.2) is 5.82 Å². The molecule has 1 saturated heterocycles. The number of hydrogen-bond acceptors (Lipinski definition) is 7. The van der Waals surface area contributed by atoms with E-state index in [2.05, 4.69) is 21.8 Å². The number of carbonyl (C=O) groups is 2. The number of carbonyl (C=O) groups excluding carboxylic acids is 2. The molecule has 33 heavy (non-hydrogen) atoms. The van der Waals surface area contributed by atoms with E-state index >= 15 is 0 Å². The summed E-state index contributed by atoms with van der Waals surface area (Å²) in [4.78, 5) is 42.8. The zero-order chi connectivity index (χ0) is 23.6. The van der Waals surface area contributed by atoms with Gasteiger partial charge in [-0.05, 0) is 25.5 Å². The first kappa shape index (κ1) is 24.0. The number of aryl methyl sites for hydroxylation is 1. The molecule has 0 radical (unpaired) electrons. The van der Waals surface area contributed by atoms with E-state index in [0.29, 0.717) is 56.5 Å². The van der Waals surface area contributed by atoms with E-state index in [-0.39, 0.29) is 36.1 Å². The number of H-pyrrole nitrogens is 1. The van der Waals surface area contributed by atoms with Gasteiger partial charge in [0.2, 0.25) is 5.91 Å². The van der Waals surface area contributed by atoms with Crippen molar-refractivity contribution < 1.29 is 19.1 Å². The third-order valence-corrected chi connectivity index (χ3v) is 5.20. The molecule has 0 saturated carbocycles. The Morgan fingerprint density at radius 2 is 1.94 bits per heavy atom. The number of ether oxygens (including phenoxy) is 2. The highest BCUT2D eigenvalue weighted by molar-refractivity contribution is 5.77. The molecule has 0 aliphatic carbocycles. The van der Waals surface area contributed by atoms with Crippen LogP contribution in [0.2, 0.25) is 0 Å². The van der Waals surface area contributed by atoms with Crippen molar-refractivity contribution in [3.63, 3.8) is 0 Å². The maximum Gasteiger partial charge on any atom is 0.409 e. The van der Waals surface area contributed by atoms with Crippen molar-refractivity contribution in [1.82, 2.24) is 25.0 Å². The molecule has 176 valence electrons. The topological polar surface area (TPSA) is 118 Å². The summed E-state index contributed by atoms with van der Waals surface area (Å²) in [6.45, 7) is 7.97. The smallest absolute Gasteiger partial charge is 0.409 e. The summed E-state index contributed by atoms with van der Waals surface area (Å²) in [5.74, 6) is 0.905. The van der Waals surface area contributed by atoms with Gasteiger partial charge in [-0.15, -0.1) is 16.8 Å². The van der Waals surface area contributed by atoms with Crippen LogP contribution in [0.3, 0.4) is 0 Å². The number of rotatable bonds is 9. The third kappa shape index (κ3) is 6.64. The summed E-state index contributed by atoms with van der Waals surface area (Å²) in [6.07, 6.45) is 2.47. The molecule has 1 aliphatic rings. The van der Waals surface area contributed by atoms with E-state index in [1.165, 1.54) is 0 Å². The lowest BCUT2D eigenvalue weighted by Crippen LogP contribution is -2.50. The van der Waals surface area contributed by atoms with Crippen LogP contribution < -0.4 is 10.3 Å². The van der Waals surface area contributed by atoms with Crippen LogP contribution in [0, 0.1) is 0 Å². The number of aromatic amines is 1. The highest BCUT2D eigenvalue weighted by Crippen LogP contribution is 2.20. The van der Waals surface area contributed by atoms with Gasteiger partial charge in [-0.1, -0.05) is 18.2 Å². The largest absolute Gasteiger partial charge is 0.493 e. The van der Waals surface area contributed by atoms with Crippen molar-refractivity contribution in [3.8, 4) is 17.1 Å². The number of amides is 2.